The predicted octanol–water partition coefficient (Wildman–Crippen LogP) is 0.281. The van der Waals surface area contributed by atoms with E-state index < -0.39 is 27.7 Å². The number of likely N-dealkylation sites (tertiary alicyclic amines) is 1. The summed E-state index contributed by atoms with van der Waals surface area (Å²) in [5.41, 5.74) is -0.569. The second kappa shape index (κ2) is 9.29. The highest BCUT2D eigenvalue weighted by atomic mass is 32.2. The number of ether oxygens (including phenoxy) is 2. The molecule has 0 bridgehead atoms. The number of piperidine rings is 1. The summed E-state index contributed by atoms with van der Waals surface area (Å²) in [6.07, 6.45) is 1.66. The first-order chi connectivity index (χ1) is 13.4. The molecule has 0 radical (unpaired) electrons. The minimum absolute atomic E-state index is 0.238. The van der Waals surface area contributed by atoms with Gasteiger partial charge in [-0.1, -0.05) is 0 Å². The van der Waals surface area contributed by atoms with Crippen molar-refractivity contribution in [2.45, 2.75) is 39.2 Å². The molecule has 0 N–H and O–H groups in total. The van der Waals surface area contributed by atoms with Gasteiger partial charge in [0, 0.05) is 39.3 Å². The van der Waals surface area contributed by atoms with E-state index in [1.807, 2.05) is 0 Å². The number of nitrogens with zero attached hydrogens (tertiary/aromatic N) is 3. The van der Waals surface area contributed by atoms with Gasteiger partial charge in [0.1, 0.15) is 5.60 Å². The molecule has 2 rings (SSSR count). The van der Waals surface area contributed by atoms with Crippen molar-refractivity contribution in [3.05, 3.63) is 0 Å². The maximum Gasteiger partial charge on any atom is 0.410 e. The number of hydrogen-bond donors (Lipinski definition) is 0. The molecule has 11 heteroatoms. The van der Waals surface area contributed by atoms with Gasteiger partial charge in [-0.2, -0.15) is 4.31 Å². The number of amides is 2. The quantitative estimate of drug-likeness (QED) is 0.585. The standard InChI is InChI=1S/C18H31N3O7S/c1-18(2,3)28-17(24)20-7-5-14(6-8-20)16(23)27-13-15(22)19-9-11-21(12-10-19)29(4,25)26/h14H,5-13H2,1-4H3. The van der Waals surface area contributed by atoms with E-state index >= 15 is 0 Å². The summed E-state index contributed by atoms with van der Waals surface area (Å²) in [5, 5.41) is 0. The van der Waals surface area contributed by atoms with E-state index in [9.17, 15) is 22.8 Å². The highest BCUT2D eigenvalue weighted by Gasteiger charge is 2.32. The fraction of sp³-hybridized carbons (Fsp3) is 0.833. The third kappa shape index (κ3) is 7.14. The van der Waals surface area contributed by atoms with E-state index in [0.29, 0.717) is 25.9 Å². The van der Waals surface area contributed by atoms with Crippen LogP contribution in [0.25, 0.3) is 0 Å². The van der Waals surface area contributed by atoms with Gasteiger partial charge in [0.25, 0.3) is 5.91 Å². The second-order valence-corrected chi connectivity index (χ2v) is 10.4. The molecule has 2 aliphatic heterocycles. The van der Waals surface area contributed by atoms with Crippen LogP contribution in [-0.2, 0) is 29.1 Å². The number of esters is 1. The Morgan fingerprint density at radius 1 is 0.931 bits per heavy atom. The lowest BCUT2D eigenvalue weighted by Crippen LogP contribution is -2.51. The average molecular weight is 434 g/mol. The zero-order valence-electron chi connectivity index (χ0n) is 17.5. The molecule has 2 amide bonds. The van der Waals surface area contributed by atoms with Crippen LogP contribution in [0.1, 0.15) is 33.6 Å². The van der Waals surface area contributed by atoms with Crippen LogP contribution in [0.3, 0.4) is 0 Å². The molecular weight excluding hydrogens is 402 g/mol. The Bertz CT molecular complexity index is 716. The van der Waals surface area contributed by atoms with E-state index in [4.69, 9.17) is 9.47 Å². The Morgan fingerprint density at radius 3 is 1.97 bits per heavy atom. The molecule has 0 aromatic rings. The SMILES string of the molecule is CC(C)(C)OC(=O)N1CCC(C(=O)OCC(=O)N2CCN(S(C)(=O)=O)CC2)CC1. The number of rotatable bonds is 4. The summed E-state index contributed by atoms with van der Waals surface area (Å²) in [6, 6.07) is 0. The van der Waals surface area contributed by atoms with Crippen LogP contribution in [0, 0.1) is 5.92 Å². The van der Waals surface area contributed by atoms with Crippen molar-refractivity contribution < 1.29 is 32.3 Å². The third-order valence-corrected chi connectivity index (χ3v) is 6.18. The predicted molar refractivity (Wildman–Crippen MR) is 104 cm³/mol. The van der Waals surface area contributed by atoms with Gasteiger partial charge in [-0.25, -0.2) is 13.2 Å². The van der Waals surface area contributed by atoms with Gasteiger partial charge in [0.15, 0.2) is 6.61 Å². The minimum atomic E-state index is -3.26. The van der Waals surface area contributed by atoms with E-state index in [0.717, 1.165) is 6.26 Å². The summed E-state index contributed by atoms with van der Waals surface area (Å²) >= 11 is 0. The summed E-state index contributed by atoms with van der Waals surface area (Å²) < 4.78 is 34.8. The van der Waals surface area contributed by atoms with Crippen LogP contribution in [-0.4, -0.2) is 98.2 Å². The Kier molecular flexibility index (Phi) is 7.50. The molecule has 166 valence electrons. The first-order valence-electron chi connectivity index (χ1n) is 9.74. The average Bonchev–Trinajstić information content (AvgIpc) is 2.64. The molecular formula is C18H31N3O7S. The molecule has 2 aliphatic rings. The summed E-state index contributed by atoms with van der Waals surface area (Å²) in [6.45, 7) is 6.86. The molecule has 0 unspecified atom stereocenters. The van der Waals surface area contributed by atoms with Crippen molar-refractivity contribution in [2.75, 3.05) is 52.1 Å². The number of hydrogen-bond acceptors (Lipinski definition) is 7. The molecule has 0 saturated carbocycles. The largest absolute Gasteiger partial charge is 0.455 e. The first kappa shape index (κ1) is 23.4. The van der Waals surface area contributed by atoms with E-state index in [2.05, 4.69) is 0 Å². The van der Waals surface area contributed by atoms with Crippen LogP contribution in [0.4, 0.5) is 4.79 Å². The van der Waals surface area contributed by atoms with Gasteiger partial charge in [-0.15, -0.1) is 0 Å². The molecule has 2 fully saturated rings. The molecule has 0 aliphatic carbocycles. The fourth-order valence-corrected chi connectivity index (χ4v) is 4.06. The van der Waals surface area contributed by atoms with Gasteiger partial charge in [0.2, 0.25) is 10.0 Å². The minimum Gasteiger partial charge on any atom is -0.455 e. The van der Waals surface area contributed by atoms with Crippen molar-refractivity contribution in [3.63, 3.8) is 0 Å². The van der Waals surface area contributed by atoms with Crippen molar-refractivity contribution >= 4 is 28.0 Å². The molecule has 2 heterocycles. The van der Waals surface area contributed by atoms with Crippen molar-refractivity contribution in [2.24, 2.45) is 5.92 Å². The Balaban J connectivity index is 1.71. The summed E-state index contributed by atoms with van der Waals surface area (Å²) in [5.74, 6) is -1.14. The number of carbonyl (C=O) groups excluding carboxylic acids is 3. The summed E-state index contributed by atoms with van der Waals surface area (Å²) in [4.78, 5) is 39.6. The lowest BCUT2D eigenvalue weighted by molar-refractivity contribution is -0.157. The Hall–Kier alpha value is -1.88. The second-order valence-electron chi connectivity index (χ2n) is 8.39. The fourth-order valence-electron chi connectivity index (χ4n) is 3.24. The zero-order valence-corrected chi connectivity index (χ0v) is 18.4. The number of sulfonamides is 1. The van der Waals surface area contributed by atoms with Gasteiger partial charge < -0.3 is 19.3 Å². The third-order valence-electron chi connectivity index (χ3n) is 4.88. The first-order valence-corrected chi connectivity index (χ1v) is 11.6. The smallest absolute Gasteiger partial charge is 0.410 e. The highest BCUT2D eigenvalue weighted by Crippen LogP contribution is 2.21. The Morgan fingerprint density at radius 2 is 1.48 bits per heavy atom. The lowest BCUT2D eigenvalue weighted by Gasteiger charge is -2.34. The van der Waals surface area contributed by atoms with Gasteiger partial charge in [0.05, 0.1) is 12.2 Å². The Labute approximate surface area is 172 Å². The van der Waals surface area contributed by atoms with Crippen LogP contribution < -0.4 is 0 Å². The molecule has 29 heavy (non-hydrogen) atoms. The lowest BCUT2D eigenvalue weighted by atomic mass is 9.97. The van der Waals surface area contributed by atoms with Crippen LogP contribution in [0.5, 0.6) is 0 Å². The molecule has 0 spiro atoms. The van der Waals surface area contributed by atoms with Crippen molar-refractivity contribution in [1.29, 1.82) is 0 Å². The summed E-state index contributed by atoms with van der Waals surface area (Å²) in [7, 11) is -3.26. The zero-order chi connectivity index (χ0) is 21.8. The van der Waals surface area contributed by atoms with Gasteiger partial charge >= 0.3 is 12.1 Å². The van der Waals surface area contributed by atoms with Gasteiger partial charge in [-0.3, -0.25) is 9.59 Å². The van der Waals surface area contributed by atoms with E-state index in [1.54, 1.807) is 25.7 Å². The maximum absolute atomic E-state index is 12.3. The topological polar surface area (TPSA) is 114 Å². The maximum atomic E-state index is 12.3. The normalized spacial score (nSPS) is 19.7. The molecule has 0 aromatic carbocycles. The van der Waals surface area contributed by atoms with Crippen LogP contribution in [0.15, 0.2) is 0 Å². The van der Waals surface area contributed by atoms with Crippen molar-refractivity contribution in [1.82, 2.24) is 14.1 Å². The van der Waals surface area contributed by atoms with Crippen molar-refractivity contribution in [3.8, 4) is 0 Å². The number of carbonyl (C=O) groups is 3. The molecule has 0 atom stereocenters. The molecule has 2 saturated heterocycles. The van der Waals surface area contributed by atoms with Crippen LogP contribution in [0.2, 0.25) is 0 Å². The molecule has 0 aromatic heterocycles. The van der Waals surface area contributed by atoms with Gasteiger partial charge in [-0.05, 0) is 33.6 Å². The number of piperazine rings is 1. The van der Waals surface area contributed by atoms with E-state index in [1.165, 1.54) is 9.21 Å². The monoisotopic (exact) mass is 433 g/mol. The molecule has 10 nitrogen and oxygen atoms in total. The highest BCUT2D eigenvalue weighted by molar-refractivity contribution is 7.88. The van der Waals surface area contributed by atoms with E-state index in [-0.39, 0.29) is 44.6 Å². The van der Waals surface area contributed by atoms with Crippen LogP contribution >= 0.6 is 0 Å².